The maximum absolute atomic E-state index is 12.4. The number of amides is 1. The van der Waals surface area contributed by atoms with Gasteiger partial charge in [-0.05, 0) is 49.2 Å². The van der Waals surface area contributed by atoms with E-state index in [0.717, 1.165) is 25.7 Å². The second-order valence-corrected chi connectivity index (χ2v) is 9.58. The van der Waals surface area contributed by atoms with Crippen molar-refractivity contribution in [1.29, 1.82) is 0 Å². The molecule has 2 aromatic rings. The molecule has 6 nitrogen and oxygen atoms in total. The Morgan fingerprint density at radius 2 is 1.83 bits per heavy atom. The molecule has 1 atom stereocenters. The fourth-order valence-corrected chi connectivity index (χ4v) is 4.51. The maximum Gasteiger partial charge on any atom is 0.251 e. The van der Waals surface area contributed by atoms with E-state index >= 15 is 0 Å². The molecular formula is C20H22Cl2N2O4S. The molecule has 1 amide bonds. The highest BCUT2D eigenvalue weighted by molar-refractivity contribution is 7.92. The van der Waals surface area contributed by atoms with Crippen LogP contribution in [0.2, 0.25) is 10.0 Å². The van der Waals surface area contributed by atoms with E-state index in [-0.39, 0.29) is 18.6 Å². The van der Waals surface area contributed by atoms with Gasteiger partial charge in [0.1, 0.15) is 0 Å². The zero-order valence-electron chi connectivity index (χ0n) is 15.9. The number of carbonyl (C=O) groups is 1. The molecule has 0 saturated carbocycles. The third-order valence-corrected chi connectivity index (χ3v) is 6.54. The normalized spacial score (nSPS) is 16.6. The first-order chi connectivity index (χ1) is 13.8. The van der Waals surface area contributed by atoms with Crippen molar-refractivity contribution >= 4 is 44.8 Å². The Balaban J connectivity index is 1.76. The number of hydrogen-bond acceptors (Lipinski definition) is 4. The minimum atomic E-state index is -3.61. The van der Waals surface area contributed by atoms with E-state index in [1.54, 1.807) is 42.5 Å². The zero-order chi connectivity index (χ0) is 21.0. The lowest BCUT2D eigenvalue weighted by Gasteiger charge is -2.24. The van der Waals surface area contributed by atoms with Crippen LogP contribution in [0.5, 0.6) is 0 Å². The van der Waals surface area contributed by atoms with Gasteiger partial charge in [-0.2, -0.15) is 0 Å². The Kier molecular flexibility index (Phi) is 7.05. The summed E-state index contributed by atoms with van der Waals surface area (Å²) in [5, 5.41) is 3.61. The lowest BCUT2D eigenvalue weighted by Crippen LogP contribution is -2.32. The van der Waals surface area contributed by atoms with E-state index in [4.69, 9.17) is 27.9 Å². The van der Waals surface area contributed by atoms with Gasteiger partial charge in [0.05, 0.1) is 24.6 Å². The summed E-state index contributed by atoms with van der Waals surface area (Å²) in [5.74, 6) is -0.230. The highest BCUT2D eigenvalue weighted by Gasteiger charge is 2.21. The number of rotatable bonds is 7. The fraction of sp³-hybridized carbons (Fsp3) is 0.350. The minimum Gasteiger partial charge on any atom is -0.376 e. The van der Waals surface area contributed by atoms with Gasteiger partial charge in [0.25, 0.3) is 5.91 Å². The van der Waals surface area contributed by atoms with E-state index in [9.17, 15) is 13.2 Å². The van der Waals surface area contributed by atoms with E-state index in [1.807, 2.05) is 0 Å². The molecule has 1 unspecified atom stereocenters. The maximum atomic E-state index is 12.4. The summed E-state index contributed by atoms with van der Waals surface area (Å²) < 4.78 is 31.4. The van der Waals surface area contributed by atoms with Crippen molar-refractivity contribution in [3.05, 3.63) is 63.6 Å². The molecule has 29 heavy (non-hydrogen) atoms. The summed E-state index contributed by atoms with van der Waals surface area (Å²) in [6.45, 7) is 1.18. The number of ether oxygens (including phenoxy) is 1. The van der Waals surface area contributed by atoms with Crippen molar-refractivity contribution < 1.29 is 17.9 Å². The molecule has 1 saturated heterocycles. The number of hydrogen-bond donors (Lipinski definition) is 1. The van der Waals surface area contributed by atoms with Gasteiger partial charge in [-0.25, -0.2) is 8.42 Å². The Labute approximate surface area is 180 Å². The zero-order valence-corrected chi connectivity index (χ0v) is 18.2. The molecule has 0 aliphatic carbocycles. The standard InChI is InChI=1S/C20H22Cl2N2O4S/c1-29(26,27)24(13-17-18(21)5-2-6-19(17)22)15-9-7-14(8-10-15)20(25)23-12-16-4-3-11-28-16/h2,5-10,16H,3-4,11-13H2,1H3,(H,23,25). The molecule has 0 bridgehead atoms. The Bertz CT molecular complexity index is 954. The number of halogens is 2. The van der Waals surface area contributed by atoms with Gasteiger partial charge in [-0.15, -0.1) is 0 Å². The number of nitrogens with zero attached hydrogens (tertiary/aromatic N) is 1. The van der Waals surface area contributed by atoms with Crippen LogP contribution in [-0.2, 0) is 21.3 Å². The van der Waals surface area contributed by atoms with E-state index < -0.39 is 10.0 Å². The SMILES string of the molecule is CS(=O)(=O)N(Cc1c(Cl)cccc1Cl)c1ccc(C(=O)NCC2CCCO2)cc1. The molecule has 1 N–H and O–H groups in total. The van der Waals surface area contributed by atoms with Crippen molar-refractivity contribution in [2.75, 3.05) is 23.7 Å². The smallest absolute Gasteiger partial charge is 0.251 e. The first-order valence-electron chi connectivity index (χ1n) is 9.16. The predicted molar refractivity (Wildman–Crippen MR) is 115 cm³/mol. The monoisotopic (exact) mass is 456 g/mol. The summed E-state index contributed by atoms with van der Waals surface area (Å²) in [7, 11) is -3.61. The van der Waals surface area contributed by atoms with Crippen LogP contribution in [0, 0.1) is 0 Å². The van der Waals surface area contributed by atoms with Crippen LogP contribution in [0.15, 0.2) is 42.5 Å². The molecule has 156 valence electrons. The summed E-state index contributed by atoms with van der Waals surface area (Å²) in [5.41, 5.74) is 1.37. The largest absolute Gasteiger partial charge is 0.376 e. The fourth-order valence-electron chi connectivity index (χ4n) is 3.12. The highest BCUT2D eigenvalue weighted by atomic mass is 35.5. The number of nitrogens with one attached hydrogen (secondary N) is 1. The third-order valence-electron chi connectivity index (χ3n) is 4.70. The van der Waals surface area contributed by atoms with E-state index in [0.29, 0.717) is 33.4 Å². The van der Waals surface area contributed by atoms with Crippen molar-refractivity contribution in [1.82, 2.24) is 5.32 Å². The second kappa shape index (κ2) is 9.34. The molecule has 9 heteroatoms. The van der Waals surface area contributed by atoms with Crippen molar-refractivity contribution in [3.63, 3.8) is 0 Å². The van der Waals surface area contributed by atoms with Crippen LogP contribution in [0.25, 0.3) is 0 Å². The average molecular weight is 457 g/mol. The first kappa shape index (κ1) is 21.9. The van der Waals surface area contributed by atoms with Gasteiger partial charge in [-0.1, -0.05) is 29.3 Å². The first-order valence-corrected chi connectivity index (χ1v) is 11.8. The Morgan fingerprint density at radius 1 is 1.17 bits per heavy atom. The molecular weight excluding hydrogens is 435 g/mol. The molecule has 1 aliphatic rings. The van der Waals surface area contributed by atoms with E-state index in [2.05, 4.69) is 5.32 Å². The van der Waals surface area contributed by atoms with Crippen LogP contribution in [0.4, 0.5) is 5.69 Å². The molecule has 2 aromatic carbocycles. The van der Waals surface area contributed by atoms with Crippen LogP contribution >= 0.6 is 23.2 Å². The van der Waals surface area contributed by atoms with Crippen molar-refractivity contribution in [2.24, 2.45) is 0 Å². The van der Waals surface area contributed by atoms with Crippen LogP contribution < -0.4 is 9.62 Å². The number of anilines is 1. The Hall–Kier alpha value is -1.80. The van der Waals surface area contributed by atoms with Gasteiger partial charge in [0.2, 0.25) is 10.0 Å². The van der Waals surface area contributed by atoms with Gasteiger partial charge in [0.15, 0.2) is 0 Å². The lowest BCUT2D eigenvalue weighted by molar-refractivity contribution is 0.0858. The number of carbonyl (C=O) groups excluding carboxylic acids is 1. The predicted octanol–water partition coefficient (Wildman–Crippen LogP) is 3.87. The lowest BCUT2D eigenvalue weighted by atomic mass is 10.1. The number of benzene rings is 2. The molecule has 1 aliphatic heterocycles. The average Bonchev–Trinajstić information content (AvgIpc) is 3.19. The topological polar surface area (TPSA) is 75.7 Å². The molecule has 1 heterocycles. The van der Waals surface area contributed by atoms with Crippen LogP contribution in [0.3, 0.4) is 0 Å². The molecule has 3 rings (SSSR count). The van der Waals surface area contributed by atoms with E-state index in [1.165, 1.54) is 4.31 Å². The molecule has 0 aromatic heterocycles. The minimum absolute atomic E-state index is 0.0120. The van der Waals surface area contributed by atoms with Crippen LogP contribution in [-0.4, -0.2) is 39.8 Å². The van der Waals surface area contributed by atoms with Crippen molar-refractivity contribution in [2.45, 2.75) is 25.5 Å². The Morgan fingerprint density at radius 3 is 2.38 bits per heavy atom. The molecule has 0 spiro atoms. The highest BCUT2D eigenvalue weighted by Crippen LogP contribution is 2.29. The van der Waals surface area contributed by atoms with Gasteiger partial charge >= 0.3 is 0 Å². The summed E-state index contributed by atoms with van der Waals surface area (Å²) in [6, 6.07) is 11.4. The van der Waals surface area contributed by atoms with Gasteiger partial charge in [0, 0.05) is 34.3 Å². The summed E-state index contributed by atoms with van der Waals surface area (Å²) in [6.07, 6.45) is 3.11. The van der Waals surface area contributed by atoms with Crippen LogP contribution in [0.1, 0.15) is 28.8 Å². The molecule has 0 radical (unpaired) electrons. The van der Waals surface area contributed by atoms with Gasteiger partial charge < -0.3 is 10.1 Å². The number of sulfonamides is 1. The molecule has 1 fully saturated rings. The third kappa shape index (κ3) is 5.63. The second-order valence-electron chi connectivity index (χ2n) is 6.86. The van der Waals surface area contributed by atoms with Gasteiger partial charge in [-0.3, -0.25) is 9.10 Å². The quantitative estimate of drug-likeness (QED) is 0.685. The summed E-state index contributed by atoms with van der Waals surface area (Å²) >= 11 is 12.4. The summed E-state index contributed by atoms with van der Waals surface area (Å²) in [4.78, 5) is 12.3. The van der Waals surface area contributed by atoms with Crippen molar-refractivity contribution in [3.8, 4) is 0 Å².